The Balaban J connectivity index is 2.19. The zero-order valence-electron chi connectivity index (χ0n) is 14.5. The third-order valence-electron chi connectivity index (χ3n) is 4.19. The summed E-state index contributed by atoms with van der Waals surface area (Å²) in [4.78, 5) is 24.6. The van der Waals surface area contributed by atoms with Gasteiger partial charge >= 0.3 is 5.97 Å². The summed E-state index contributed by atoms with van der Waals surface area (Å²) >= 11 is 0. The van der Waals surface area contributed by atoms with E-state index in [1.807, 2.05) is 30.3 Å². The van der Waals surface area contributed by atoms with Gasteiger partial charge in [0.15, 0.2) is 17.5 Å². The molecule has 27 heavy (non-hydrogen) atoms. The number of hydrogen-bond acceptors (Lipinski definition) is 3. The van der Waals surface area contributed by atoms with E-state index in [1.165, 1.54) is 10.8 Å². The second-order valence-corrected chi connectivity index (χ2v) is 5.90. The third-order valence-corrected chi connectivity index (χ3v) is 4.19. The number of esters is 1. The van der Waals surface area contributed by atoms with E-state index in [9.17, 15) is 22.8 Å². The van der Waals surface area contributed by atoms with Gasteiger partial charge in [-0.3, -0.25) is 4.79 Å². The molecule has 0 bridgehead atoms. The number of benzene rings is 2. The average Bonchev–Trinajstić information content (AvgIpc) is 2.66. The predicted octanol–water partition coefficient (Wildman–Crippen LogP) is 3.84. The molecule has 0 radical (unpaired) electrons. The highest BCUT2D eigenvalue weighted by molar-refractivity contribution is 5.94. The highest BCUT2D eigenvalue weighted by Gasteiger charge is 2.23. The van der Waals surface area contributed by atoms with Crippen LogP contribution in [0.5, 0.6) is 0 Å². The van der Waals surface area contributed by atoms with Crippen LogP contribution in [0.4, 0.5) is 13.2 Å². The second kappa shape index (κ2) is 7.65. The molecule has 0 N–H and O–H groups in total. The standard InChI is InChI=1S/C20H16F3NO3/c1-2-27-20(26)13-11-24(9-8-12-6-4-3-5-7-12)15-10-14(21)17(22)18(23)16(15)19(13)25/h3-7,10-11H,2,8-9H2,1H3. The lowest BCUT2D eigenvalue weighted by Gasteiger charge is -2.14. The number of carbonyl (C=O) groups is 1. The summed E-state index contributed by atoms with van der Waals surface area (Å²) in [5, 5.41) is -0.674. The highest BCUT2D eigenvalue weighted by atomic mass is 19.2. The summed E-state index contributed by atoms with van der Waals surface area (Å²) < 4.78 is 47.9. The zero-order chi connectivity index (χ0) is 19.6. The van der Waals surface area contributed by atoms with Crippen molar-refractivity contribution in [2.75, 3.05) is 6.61 Å². The van der Waals surface area contributed by atoms with Gasteiger partial charge in [0, 0.05) is 18.8 Å². The number of aryl methyl sites for hydroxylation is 2. The molecule has 3 rings (SSSR count). The van der Waals surface area contributed by atoms with Crippen LogP contribution in [0.15, 0.2) is 47.4 Å². The molecule has 0 fully saturated rings. The van der Waals surface area contributed by atoms with E-state index in [2.05, 4.69) is 0 Å². The first kappa shape index (κ1) is 18.7. The SMILES string of the molecule is CCOC(=O)c1cn(CCc2ccccc2)c2cc(F)c(F)c(F)c2c1=O. The van der Waals surface area contributed by atoms with Crippen LogP contribution in [-0.4, -0.2) is 17.1 Å². The molecule has 0 amide bonds. The van der Waals surface area contributed by atoms with Gasteiger partial charge in [-0.2, -0.15) is 0 Å². The van der Waals surface area contributed by atoms with Gasteiger partial charge in [0.25, 0.3) is 0 Å². The topological polar surface area (TPSA) is 48.3 Å². The fraction of sp³-hybridized carbons (Fsp3) is 0.200. The Morgan fingerprint density at radius 2 is 1.81 bits per heavy atom. The maximum Gasteiger partial charge on any atom is 0.343 e. The summed E-state index contributed by atoms with van der Waals surface area (Å²) in [6.45, 7) is 1.79. The van der Waals surface area contributed by atoms with Crippen molar-refractivity contribution in [2.24, 2.45) is 0 Å². The summed E-state index contributed by atoms with van der Waals surface area (Å²) in [7, 11) is 0. The van der Waals surface area contributed by atoms with E-state index >= 15 is 0 Å². The third kappa shape index (κ3) is 3.58. The van der Waals surface area contributed by atoms with Gasteiger partial charge in [-0.25, -0.2) is 18.0 Å². The molecular formula is C20H16F3NO3. The van der Waals surface area contributed by atoms with E-state index in [0.717, 1.165) is 11.6 Å². The molecule has 0 saturated heterocycles. The first-order chi connectivity index (χ1) is 12.9. The van der Waals surface area contributed by atoms with Crippen molar-refractivity contribution in [1.82, 2.24) is 4.57 Å². The lowest BCUT2D eigenvalue weighted by molar-refractivity contribution is 0.0524. The normalized spacial score (nSPS) is 11.0. The quantitative estimate of drug-likeness (QED) is 0.503. The molecule has 1 aromatic heterocycles. The maximum atomic E-state index is 14.3. The van der Waals surface area contributed by atoms with Gasteiger partial charge < -0.3 is 9.30 Å². The van der Waals surface area contributed by atoms with Gasteiger partial charge in [0.2, 0.25) is 5.43 Å². The lowest BCUT2D eigenvalue weighted by atomic mass is 10.1. The fourth-order valence-corrected chi connectivity index (χ4v) is 2.88. The Hall–Kier alpha value is -3.09. The lowest BCUT2D eigenvalue weighted by Crippen LogP contribution is -2.23. The van der Waals surface area contributed by atoms with Crippen LogP contribution >= 0.6 is 0 Å². The van der Waals surface area contributed by atoms with Crippen molar-refractivity contribution in [3.8, 4) is 0 Å². The van der Waals surface area contributed by atoms with Gasteiger partial charge in [-0.05, 0) is 18.9 Å². The zero-order valence-corrected chi connectivity index (χ0v) is 14.5. The molecule has 7 heteroatoms. The number of carbonyl (C=O) groups excluding carboxylic acids is 1. The molecule has 0 unspecified atom stereocenters. The summed E-state index contributed by atoms with van der Waals surface area (Å²) in [6, 6.07) is 10.0. The van der Waals surface area contributed by atoms with Gasteiger partial charge in [0.05, 0.1) is 17.5 Å². The number of ether oxygens (including phenoxy) is 1. The van der Waals surface area contributed by atoms with Gasteiger partial charge in [-0.15, -0.1) is 0 Å². The molecule has 0 aliphatic rings. The molecule has 0 aliphatic heterocycles. The summed E-state index contributed by atoms with van der Waals surface area (Å²) in [5.74, 6) is -5.72. The minimum Gasteiger partial charge on any atom is -0.462 e. The minimum atomic E-state index is -1.75. The first-order valence-electron chi connectivity index (χ1n) is 8.35. The van der Waals surface area contributed by atoms with Crippen LogP contribution in [0.25, 0.3) is 10.9 Å². The van der Waals surface area contributed by atoms with Crippen molar-refractivity contribution < 1.29 is 22.7 Å². The smallest absolute Gasteiger partial charge is 0.343 e. The van der Waals surface area contributed by atoms with Crippen LogP contribution in [0.2, 0.25) is 0 Å². The van der Waals surface area contributed by atoms with Crippen LogP contribution < -0.4 is 5.43 Å². The van der Waals surface area contributed by atoms with Crippen LogP contribution in [0.1, 0.15) is 22.8 Å². The Labute approximate surface area is 152 Å². The van der Waals surface area contributed by atoms with Crippen molar-refractivity contribution in [2.45, 2.75) is 19.9 Å². The molecule has 1 heterocycles. The van der Waals surface area contributed by atoms with Crippen molar-refractivity contribution in [3.05, 3.63) is 81.4 Å². The number of fused-ring (bicyclic) bond motifs is 1. The Bertz CT molecular complexity index is 1060. The molecular weight excluding hydrogens is 359 g/mol. The van der Waals surface area contributed by atoms with Crippen LogP contribution in [0, 0.1) is 17.5 Å². The minimum absolute atomic E-state index is 0.0145. The predicted molar refractivity (Wildman–Crippen MR) is 94.2 cm³/mol. The Morgan fingerprint density at radius 3 is 2.48 bits per heavy atom. The van der Waals surface area contributed by atoms with Gasteiger partial charge in [-0.1, -0.05) is 30.3 Å². The Kier molecular flexibility index (Phi) is 5.30. The highest BCUT2D eigenvalue weighted by Crippen LogP contribution is 2.22. The summed E-state index contributed by atoms with van der Waals surface area (Å²) in [5.41, 5.74) is -0.636. The number of nitrogens with zero attached hydrogens (tertiary/aromatic N) is 1. The monoisotopic (exact) mass is 375 g/mol. The van der Waals surface area contributed by atoms with Crippen molar-refractivity contribution in [3.63, 3.8) is 0 Å². The number of halogens is 3. The fourth-order valence-electron chi connectivity index (χ4n) is 2.88. The molecule has 2 aromatic carbocycles. The molecule has 140 valence electrons. The number of rotatable bonds is 5. The van der Waals surface area contributed by atoms with Crippen LogP contribution in [-0.2, 0) is 17.7 Å². The molecule has 0 aliphatic carbocycles. The number of hydrogen-bond donors (Lipinski definition) is 0. The summed E-state index contributed by atoms with van der Waals surface area (Å²) in [6.07, 6.45) is 1.67. The second-order valence-electron chi connectivity index (χ2n) is 5.90. The van der Waals surface area contributed by atoms with E-state index in [0.29, 0.717) is 6.42 Å². The number of aromatic nitrogens is 1. The molecule has 0 saturated carbocycles. The molecule has 4 nitrogen and oxygen atoms in total. The van der Waals surface area contributed by atoms with Crippen molar-refractivity contribution in [1.29, 1.82) is 0 Å². The van der Waals surface area contributed by atoms with Crippen molar-refractivity contribution >= 4 is 16.9 Å². The average molecular weight is 375 g/mol. The number of pyridine rings is 1. The molecule has 0 spiro atoms. The Morgan fingerprint density at radius 1 is 1.11 bits per heavy atom. The van der Waals surface area contributed by atoms with Crippen LogP contribution in [0.3, 0.4) is 0 Å². The molecule has 3 aromatic rings. The van der Waals surface area contributed by atoms with E-state index in [-0.39, 0.29) is 18.7 Å². The molecule has 0 atom stereocenters. The maximum absolute atomic E-state index is 14.3. The first-order valence-corrected chi connectivity index (χ1v) is 8.35. The van der Waals surface area contributed by atoms with E-state index in [4.69, 9.17) is 4.74 Å². The van der Waals surface area contributed by atoms with E-state index in [1.54, 1.807) is 6.92 Å². The largest absolute Gasteiger partial charge is 0.462 e. The van der Waals surface area contributed by atoms with Gasteiger partial charge in [0.1, 0.15) is 5.56 Å². The van der Waals surface area contributed by atoms with E-state index < -0.39 is 39.8 Å².